The van der Waals surface area contributed by atoms with Gasteiger partial charge in [0.05, 0.1) is 17.3 Å². The third-order valence-corrected chi connectivity index (χ3v) is 5.29. The van der Waals surface area contributed by atoms with Gasteiger partial charge in [0, 0.05) is 26.2 Å². The van der Waals surface area contributed by atoms with Gasteiger partial charge >= 0.3 is 0 Å². The van der Waals surface area contributed by atoms with Crippen LogP contribution < -0.4 is 5.32 Å². The molecular formula is C12H17ClN4O3S. The molecule has 7 nitrogen and oxygen atoms in total. The van der Waals surface area contributed by atoms with E-state index in [1.165, 1.54) is 10.5 Å². The lowest BCUT2D eigenvalue weighted by Crippen LogP contribution is -2.46. The minimum Gasteiger partial charge on any atom is -0.336 e. The third kappa shape index (κ3) is 2.89. The van der Waals surface area contributed by atoms with E-state index < -0.39 is 10.0 Å². The fraction of sp³-hybridized carbons (Fsp3) is 0.500. The van der Waals surface area contributed by atoms with Crippen LogP contribution in [0.3, 0.4) is 0 Å². The first-order valence-corrected chi connectivity index (χ1v) is 8.02. The first-order valence-electron chi connectivity index (χ1n) is 6.58. The highest BCUT2D eigenvalue weighted by atomic mass is 35.5. The van der Waals surface area contributed by atoms with Crippen molar-refractivity contribution < 1.29 is 12.9 Å². The fourth-order valence-corrected chi connectivity index (χ4v) is 3.70. The standard InChI is InChI=1S/C12H16N4O3S.ClH/c1-2-11-10-7-9(8-14-12(10)19-15-11)20(17,18)16-5-3-13-4-6-16;/h7-8,13H,2-6H2,1H3;1H. The summed E-state index contributed by atoms with van der Waals surface area (Å²) in [6.45, 7) is 4.23. The summed E-state index contributed by atoms with van der Waals surface area (Å²) in [6.07, 6.45) is 2.01. The molecule has 0 spiro atoms. The van der Waals surface area contributed by atoms with E-state index in [1.807, 2.05) is 6.92 Å². The van der Waals surface area contributed by atoms with Crippen LogP contribution >= 0.6 is 12.4 Å². The summed E-state index contributed by atoms with van der Waals surface area (Å²) in [5.74, 6) is 0. The van der Waals surface area contributed by atoms with Gasteiger partial charge in [-0.05, 0) is 12.5 Å². The molecule has 0 bridgehead atoms. The highest BCUT2D eigenvalue weighted by molar-refractivity contribution is 7.89. The molecule has 0 unspecified atom stereocenters. The average Bonchev–Trinajstić information content (AvgIpc) is 2.90. The van der Waals surface area contributed by atoms with Crippen LogP contribution in [-0.2, 0) is 16.4 Å². The Morgan fingerprint density at radius 3 is 2.76 bits per heavy atom. The number of aromatic nitrogens is 2. The smallest absolute Gasteiger partial charge is 0.258 e. The Morgan fingerprint density at radius 1 is 1.38 bits per heavy atom. The zero-order valence-corrected chi connectivity index (χ0v) is 13.2. The second-order valence-electron chi connectivity index (χ2n) is 4.66. The second kappa shape index (κ2) is 6.27. The largest absolute Gasteiger partial charge is 0.336 e. The van der Waals surface area contributed by atoms with Crippen molar-refractivity contribution in [1.82, 2.24) is 19.8 Å². The average molecular weight is 333 g/mol. The van der Waals surface area contributed by atoms with Crippen LogP contribution in [0.4, 0.5) is 0 Å². The molecule has 0 saturated carbocycles. The van der Waals surface area contributed by atoms with Crippen molar-refractivity contribution >= 4 is 33.5 Å². The molecule has 2 aromatic rings. The van der Waals surface area contributed by atoms with Crippen molar-refractivity contribution in [1.29, 1.82) is 0 Å². The van der Waals surface area contributed by atoms with E-state index in [9.17, 15) is 8.42 Å². The van der Waals surface area contributed by atoms with Crippen molar-refractivity contribution in [2.24, 2.45) is 0 Å². The maximum Gasteiger partial charge on any atom is 0.258 e. The van der Waals surface area contributed by atoms with Crippen LogP contribution in [0, 0.1) is 0 Å². The number of hydrogen-bond acceptors (Lipinski definition) is 6. The summed E-state index contributed by atoms with van der Waals surface area (Å²) in [6, 6.07) is 1.61. The molecule has 0 amide bonds. The minimum absolute atomic E-state index is 0. The summed E-state index contributed by atoms with van der Waals surface area (Å²) in [7, 11) is -3.49. The van der Waals surface area contributed by atoms with Gasteiger partial charge in [0.25, 0.3) is 5.71 Å². The van der Waals surface area contributed by atoms with E-state index in [-0.39, 0.29) is 17.3 Å². The van der Waals surface area contributed by atoms with Gasteiger partial charge in [-0.25, -0.2) is 13.4 Å². The fourth-order valence-electron chi connectivity index (χ4n) is 2.29. The molecule has 1 aliphatic rings. The Balaban J connectivity index is 0.00000161. The Labute approximate surface area is 129 Å². The molecule has 1 aliphatic heterocycles. The number of nitrogens with zero attached hydrogens (tertiary/aromatic N) is 3. The number of pyridine rings is 1. The van der Waals surface area contributed by atoms with E-state index in [2.05, 4.69) is 15.5 Å². The van der Waals surface area contributed by atoms with Crippen molar-refractivity contribution in [2.75, 3.05) is 26.2 Å². The monoisotopic (exact) mass is 332 g/mol. The number of fused-ring (bicyclic) bond motifs is 1. The van der Waals surface area contributed by atoms with Gasteiger partial charge in [-0.3, -0.25) is 0 Å². The minimum atomic E-state index is -3.49. The Bertz CT molecular complexity index is 725. The predicted molar refractivity (Wildman–Crippen MR) is 80.1 cm³/mol. The lowest BCUT2D eigenvalue weighted by Gasteiger charge is -2.26. The molecule has 0 aliphatic carbocycles. The summed E-state index contributed by atoms with van der Waals surface area (Å²) in [4.78, 5) is 4.26. The number of rotatable bonds is 3. The maximum atomic E-state index is 12.6. The van der Waals surface area contributed by atoms with Crippen LogP contribution in [0.2, 0.25) is 0 Å². The highest BCUT2D eigenvalue weighted by Gasteiger charge is 2.27. The summed E-state index contributed by atoms with van der Waals surface area (Å²) in [5.41, 5.74) is 1.10. The highest BCUT2D eigenvalue weighted by Crippen LogP contribution is 2.23. The van der Waals surface area contributed by atoms with Crippen molar-refractivity contribution in [2.45, 2.75) is 18.2 Å². The van der Waals surface area contributed by atoms with Crippen molar-refractivity contribution in [3.63, 3.8) is 0 Å². The van der Waals surface area contributed by atoms with E-state index in [1.54, 1.807) is 6.07 Å². The molecule has 21 heavy (non-hydrogen) atoms. The topological polar surface area (TPSA) is 88.3 Å². The van der Waals surface area contributed by atoms with Crippen molar-refractivity contribution in [3.8, 4) is 0 Å². The van der Waals surface area contributed by atoms with Gasteiger partial charge in [0.15, 0.2) is 0 Å². The van der Waals surface area contributed by atoms with E-state index in [0.29, 0.717) is 43.7 Å². The summed E-state index contributed by atoms with van der Waals surface area (Å²) < 4.78 is 31.7. The molecule has 1 fully saturated rings. The molecule has 3 heterocycles. The summed E-state index contributed by atoms with van der Waals surface area (Å²) >= 11 is 0. The van der Waals surface area contributed by atoms with Crippen LogP contribution in [0.5, 0.6) is 0 Å². The van der Waals surface area contributed by atoms with Crippen LogP contribution in [-0.4, -0.2) is 49.0 Å². The van der Waals surface area contributed by atoms with Crippen LogP contribution in [0.15, 0.2) is 21.7 Å². The second-order valence-corrected chi connectivity index (χ2v) is 6.60. The number of piperazine rings is 1. The zero-order chi connectivity index (χ0) is 14.2. The van der Waals surface area contributed by atoms with Gasteiger partial charge in [-0.1, -0.05) is 12.1 Å². The van der Waals surface area contributed by atoms with E-state index in [0.717, 1.165) is 5.69 Å². The molecule has 3 rings (SSSR count). The molecule has 0 radical (unpaired) electrons. The normalized spacial score (nSPS) is 16.8. The van der Waals surface area contributed by atoms with Gasteiger partial charge < -0.3 is 9.84 Å². The molecule has 0 aromatic carbocycles. The number of sulfonamides is 1. The number of hydrogen-bond donors (Lipinski definition) is 1. The molecule has 1 N–H and O–H groups in total. The Kier molecular flexibility index (Phi) is 4.82. The van der Waals surface area contributed by atoms with Gasteiger partial charge in [-0.2, -0.15) is 4.31 Å². The van der Waals surface area contributed by atoms with Gasteiger partial charge in [-0.15, -0.1) is 12.4 Å². The van der Waals surface area contributed by atoms with Crippen LogP contribution in [0.25, 0.3) is 11.1 Å². The van der Waals surface area contributed by atoms with E-state index in [4.69, 9.17) is 4.52 Å². The molecule has 0 atom stereocenters. The molecule has 2 aromatic heterocycles. The van der Waals surface area contributed by atoms with Gasteiger partial charge in [0.2, 0.25) is 10.0 Å². The molecule has 116 valence electrons. The molecule has 1 saturated heterocycles. The quantitative estimate of drug-likeness (QED) is 0.894. The third-order valence-electron chi connectivity index (χ3n) is 3.43. The summed E-state index contributed by atoms with van der Waals surface area (Å²) in [5, 5.41) is 7.70. The zero-order valence-electron chi connectivity index (χ0n) is 11.6. The number of nitrogens with one attached hydrogen (secondary N) is 1. The molecule has 9 heteroatoms. The maximum absolute atomic E-state index is 12.6. The Hall–Kier alpha value is -1.22. The predicted octanol–water partition coefficient (Wildman–Crippen LogP) is 0.801. The number of aryl methyl sites for hydroxylation is 1. The first-order chi connectivity index (χ1) is 9.63. The lowest BCUT2D eigenvalue weighted by atomic mass is 10.2. The molecular weight excluding hydrogens is 316 g/mol. The van der Waals surface area contributed by atoms with Crippen molar-refractivity contribution in [3.05, 3.63) is 18.0 Å². The Morgan fingerprint density at radius 2 is 2.10 bits per heavy atom. The van der Waals surface area contributed by atoms with Gasteiger partial charge in [0.1, 0.15) is 4.90 Å². The first kappa shape index (κ1) is 16.2. The number of halogens is 1. The van der Waals surface area contributed by atoms with E-state index >= 15 is 0 Å². The lowest BCUT2D eigenvalue weighted by molar-refractivity contribution is 0.360. The SMILES string of the molecule is CCc1noc2ncc(S(=O)(=O)N3CCNCC3)cc12.Cl. The van der Waals surface area contributed by atoms with Crippen LogP contribution in [0.1, 0.15) is 12.6 Å².